The second-order valence-corrected chi connectivity index (χ2v) is 6.89. The number of rotatable bonds is 2. The molecule has 26 heavy (non-hydrogen) atoms. The number of H-pyrrole nitrogens is 1. The summed E-state index contributed by atoms with van der Waals surface area (Å²) in [6.07, 6.45) is 5.93. The number of ether oxygens (including phenoxy) is 2. The van der Waals surface area contributed by atoms with Gasteiger partial charge in [0.05, 0.1) is 6.61 Å². The zero-order chi connectivity index (χ0) is 17.7. The standard InChI is InChI=1S/C20H20N4O2/c1-11-8-22-19-15(11)7-14(9-23-19)13-5-12-3-2-4-25-18(12)16(6-13)17-10-26-20(21)24-17/h5-9,17H,2-4,10H2,1H3,(H2,21,24)(H,22,23). The summed E-state index contributed by atoms with van der Waals surface area (Å²) in [6, 6.07) is 6.67. The van der Waals surface area contributed by atoms with Crippen LogP contribution in [0, 0.1) is 6.92 Å². The van der Waals surface area contributed by atoms with E-state index in [4.69, 9.17) is 15.2 Å². The van der Waals surface area contributed by atoms with Crippen LogP contribution in [0.25, 0.3) is 22.2 Å². The molecule has 6 nitrogen and oxygen atoms in total. The number of pyridine rings is 1. The Balaban J connectivity index is 1.67. The number of aryl methyl sites for hydroxylation is 2. The van der Waals surface area contributed by atoms with E-state index in [2.05, 4.69) is 40.1 Å². The second kappa shape index (κ2) is 5.76. The number of aliphatic imine (C=N–C) groups is 1. The van der Waals surface area contributed by atoms with Crippen LogP contribution in [-0.4, -0.2) is 29.2 Å². The van der Waals surface area contributed by atoms with Crippen LogP contribution in [0.15, 0.2) is 35.6 Å². The molecule has 4 heterocycles. The van der Waals surface area contributed by atoms with E-state index in [1.54, 1.807) is 0 Å². The number of aromatic amines is 1. The maximum Gasteiger partial charge on any atom is 0.282 e. The number of benzene rings is 1. The molecule has 0 fully saturated rings. The van der Waals surface area contributed by atoms with Crippen molar-refractivity contribution in [3.8, 4) is 16.9 Å². The molecule has 0 spiro atoms. The Morgan fingerprint density at radius 2 is 2.12 bits per heavy atom. The molecule has 1 aromatic carbocycles. The maximum atomic E-state index is 5.98. The molecule has 0 bridgehead atoms. The van der Waals surface area contributed by atoms with Crippen molar-refractivity contribution in [3.05, 3.63) is 47.3 Å². The van der Waals surface area contributed by atoms with Crippen LogP contribution in [0.4, 0.5) is 0 Å². The molecule has 0 radical (unpaired) electrons. The number of nitrogens with two attached hydrogens (primary N) is 1. The molecule has 132 valence electrons. The second-order valence-electron chi connectivity index (χ2n) is 6.89. The Kier molecular flexibility index (Phi) is 3.38. The Bertz CT molecular complexity index is 1040. The molecule has 0 amide bonds. The lowest BCUT2D eigenvalue weighted by atomic mass is 9.93. The first-order valence-corrected chi connectivity index (χ1v) is 8.89. The summed E-state index contributed by atoms with van der Waals surface area (Å²) in [5, 5.41) is 1.14. The van der Waals surface area contributed by atoms with Crippen molar-refractivity contribution < 1.29 is 9.47 Å². The van der Waals surface area contributed by atoms with E-state index in [1.165, 1.54) is 11.1 Å². The van der Waals surface area contributed by atoms with E-state index in [9.17, 15) is 0 Å². The van der Waals surface area contributed by atoms with Gasteiger partial charge < -0.3 is 20.2 Å². The van der Waals surface area contributed by atoms with Gasteiger partial charge in [0, 0.05) is 28.9 Å². The largest absolute Gasteiger partial charge is 0.493 e. The number of amidine groups is 1. The zero-order valence-electron chi connectivity index (χ0n) is 14.6. The van der Waals surface area contributed by atoms with Crippen molar-refractivity contribution in [1.29, 1.82) is 0 Å². The SMILES string of the molecule is Cc1c[nH]c2ncc(-c3cc4c(c(C5COC(N)=N5)c3)OCCC4)cc12. The Morgan fingerprint density at radius 1 is 1.19 bits per heavy atom. The Hall–Kier alpha value is -3.02. The smallest absolute Gasteiger partial charge is 0.282 e. The van der Waals surface area contributed by atoms with E-state index in [-0.39, 0.29) is 12.1 Å². The third kappa shape index (κ3) is 2.41. The van der Waals surface area contributed by atoms with Crippen LogP contribution < -0.4 is 10.5 Å². The Labute approximate surface area is 151 Å². The molecular formula is C20H20N4O2. The van der Waals surface area contributed by atoms with Gasteiger partial charge in [-0.05, 0) is 54.7 Å². The summed E-state index contributed by atoms with van der Waals surface area (Å²) < 4.78 is 11.4. The van der Waals surface area contributed by atoms with E-state index in [0.717, 1.165) is 52.9 Å². The topological polar surface area (TPSA) is 85.5 Å². The highest BCUT2D eigenvalue weighted by Crippen LogP contribution is 2.40. The first-order chi connectivity index (χ1) is 12.7. The predicted molar refractivity (Wildman–Crippen MR) is 100 cm³/mol. The molecule has 6 heteroatoms. The van der Waals surface area contributed by atoms with Gasteiger partial charge in [0.15, 0.2) is 0 Å². The van der Waals surface area contributed by atoms with Gasteiger partial charge in [-0.25, -0.2) is 9.98 Å². The summed E-state index contributed by atoms with van der Waals surface area (Å²) in [5.74, 6) is 0.943. The molecule has 1 atom stereocenters. The highest BCUT2D eigenvalue weighted by Gasteiger charge is 2.26. The number of hydrogen-bond donors (Lipinski definition) is 2. The molecule has 0 saturated carbocycles. The minimum atomic E-state index is -0.118. The minimum absolute atomic E-state index is 0.118. The van der Waals surface area contributed by atoms with E-state index >= 15 is 0 Å². The predicted octanol–water partition coefficient (Wildman–Crippen LogP) is 3.25. The summed E-state index contributed by atoms with van der Waals surface area (Å²) in [6.45, 7) is 3.28. The van der Waals surface area contributed by atoms with Crippen molar-refractivity contribution in [3.63, 3.8) is 0 Å². The molecule has 0 saturated heterocycles. The molecule has 2 aromatic heterocycles. The van der Waals surface area contributed by atoms with Gasteiger partial charge in [0.2, 0.25) is 0 Å². The van der Waals surface area contributed by atoms with Crippen molar-refractivity contribution in [2.45, 2.75) is 25.8 Å². The fourth-order valence-corrected chi connectivity index (χ4v) is 3.77. The summed E-state index contributed by atoms with van der Waals surface area (Å²) >= 11 is 0. The van der Waals surface area contributed by atoms with Gasteiger partial charge in [-0.3, -0.25) is 0 Å². The minimum Gasteiger partial charge on any atom is -0.493 e. The molecule has 2 aliphatic rings. The highest BCUT2D eigenvalue weighted by molar-refractivity contribution is 5.85. The van der Waals surface area contributed by atoms with E-state index in [0.29, 0.717) is 6.61 Å². The van der Waals surface area contributed by atoms with Crippen LogP contribution in [0.5, 0.6) is 5.75 Å². The van der Waals surface area contributed by atoms with Gasteiger partial charge >= 0.3 is 0 Å². The van der Waals surface area contributed by atoms with Crippen molar-refractivity contribution in [2.75, 3.05) is 13.2 Å². The molecule has 1 unspecified atom stereocenters. The lowest BCUT2D eigenvalue weighted by Crippen LogP contribution is -2.13. The average Bonchev–Trinajstić information content (AvgIpc) is 3.26. The Morgan fingerprint density at radius 3 is 2.96 bits per heavy atom. The first-order valence-electron chi connectivity index (χ1n) is 8.89. The van der Waals surface area contributed by atoms with Gasteiger partial charge in [-0.1, -0.05) is 0 Å². The van der Waals surface area contributed by atoms with Crippen LogP contribution in [-0.2, 0) is 11.2 Å². The molecule has 5 rings (SSSR count). The summed E-state index contributed by atoms with van der Waals surface area (Å²) in [5.41, 5.74) is 12.3. The number of hydrogen-bond acceptors (Lipinski definition) is 5. The molecular weight excluding hydrogens is 328 g/mol. The lowest BCUT2D eigenvalue weighted by molar-refractivity contribution is 0.276. The van der Waals surface area contributed by atoms with Crippen LogP contribution in [0.3, 0.4) is 0 Å². The summed E-state index contributed by atoms with van der Waals surface area (Å²) in [7, 11) is 0. The van der Waals surface area contributed by atoms with Crippen molar-refractivity contribution in [1.82, 2.24) is 9.97 Å². The van der Waals surface area contributed by atoms with Gasteiger partial charge in [0.25, 0.3) is 6.02 Å². The molecule has 3 N–H and O–H groups in total. The lowest BCUT2D eigenvalue weighted by Gasteiger charge is -2.23. The quantitative estimate of drug-likeness (QED) is 0.744. The van der Waals surface area contributed by atoms with Gasteiger partial charge in [-0.2, -0.15) is 0 Å². The normalized spacial score (nSPS) is 19.0. The highest BCUT2D eigenvalue weighted by atomic mass is 16.5. The number of aromatic nitrogens is 2. The fourth-order valence-electron chi connectivity index (χ4n) is 3.77. The van der Waals surface area contributed by atoms with Crippen LogP contribution in [0.1, 0.15) is 29.2 Å². The van der Waals surface area contributed by atoms with E-state index < -0.39 is 0 Å². The fraction of sp³-hybridized carbons (Fsp3) is 0.300. The number of nitrogens with one attached hydrogen (secondary N) is 1. The maximum absolute atomic E-state index is 5.98. The number of fused-ring (bicyclic) bond motifs is 2. The monoisotopic (exact) mass is 348 g/mol. The van der Waals surface area contributed by atoms with Gasteiger partial charge in [0.1, 0.15) is 24.0 Å². The molecule has 2 aliphatic heterocycles. The van der Waals surface area contributed by atoms with E-state index in [1.807, 2.05) is 12.4 Å². The van der Waals surface area contributed by atoms with Gasteiger partial charge in [-0.15, -0.1) is 0 Å². The molecule has 3 aromatic rings. The summed E-state index contributed by atoms with van der Waals surface area (Å²) in [4.78, 5) is 12.2. The van der Waals surface area contributed by atoms with Crippen LogP contribution in [0.2, 0.25) is 0 Å². The van der Waals surface area contributed by atoms with Crippen molar-refractivity contribution >= 4 is 17.1 Å². The molecule has 0 aliphatic carbocycles. The first kappa shape index (κ1) is 15.3. The average molecular weight is 348 g/mol. The third-order valence-electron chi connectivity index (χ3n) is 5.13. The van der Waals surface area contributed by atoms with Crippen LogP contribution >= 0.6 is 0 Å². The van der Waals surface area contributed by atoms with Crippen molar-refractivity contribution in [2.24, 2.45) is 10.7 Å². The zero-order valence-corrected chi connectivity index (χ0v) is 14.6. The number of nitrogens with zero attached hydrogens (tertiary/aromatic N) is 2. The third-order valence-corrected chi connectivity index (χ3v) is 5.13.